The van der Waals surface area contributed by atoms with Gasteiger partial charge in [0.15, 0.2) is 0 Å². The van der Waals surface area contributed by atoms with Crippen LogP contribution in [0, 0.1) is 0 Å². The van der Waals surface area contributed by atoms with Crippen molar-refractivity contribution in [3.63, 3.8) is 0 Å². The van der Waals surface area contributed by atoms with E-state index in [1.807, 2.05) is 54.6 Å². The van der Waals surface area contributed by atoms with Gasteiger partial charge in [0, 0.05) is 13.0 Å². The van der Waals surface area contributed by atoms with Gasteiger partial charge >= 0.3 is 0 Å². The number of benzene rings is 2. The molecule has 1 aliphatic rings. The van der Waals surface area contributed by atoms with Gasteiger partial charge < -0.3 is 15.8 Å². The summed E-state index contributed by atoms with van der Waals surface area (Å²) in [4.78, 5) is 23.9. The molecular weight excluding hydrogens is 316 g/mol. The molecule has 1 heterocycles. The first-order chi connectivity index (χ1) is 12.1. The van der Waals surface area contributed by atoms with Gasteiger partial charge in [0.25, 0.3) is 0 Å². The third-order valence-corrected chi connectivity index (χ3v) is 4.38. The lowest BCUT2D eigenvalue weighted by Crippen LogP contribution is -2.49. The Balaban J connectivity index is 1.65. The maximum atomic E-state index is 12.1. The van der Waals surface area contributed by atoms with Crippen molar-refractivity contribution in [2.75, 3.05) is 6.61 Å². The highest BCUT2D eigenvalue weighted by Crippen LogP contribution is 2.20. The Morgan fingerprint density at radius 3 is 2.36 bits per heavy atom. The second kappa shape index (κ2) is 7.94. The molecule has 0 aromatic heterocycles. The van der Waals surface area contributed by atoms with E-state index < -0.39 is 18.1 Å². The molecule has 2 aromatic rings. The molecule has 0 saturated carbocycles. The maximum absolute atomic E-state index is 12.1. The molecule has 3 N–H and O–H groups in total. The number of ether oxygens (including phenoxy) is 1. The van der Waals surface area contributed by atoms with Gasteiger partial charge in [0.1, 0.15) is 12.1 Å². The third-order valence-electron chi connectivity index (χ3n) is 4.38. The van der Waals surface area contributed by atoms with E-state index in [9.17, 15) is 9.59 Å². The van der Waals surface area contributed by atoms with E-state index in [1.165, 1.54) is 0 Å². The van der Waals surface area contributed by atoms with Crippen molar-refractivity contribution in [2.24, 2.45) is 5.73 Å². The van der Waals surface area contributed by atoms with Crippen LogP contribution in [0.1, 0.15) is 18.4 Å². The van der Waals surface area contributed by atoms with Crippen LogP contribution in [0.25, 0.3) is 11.1 Å². The average molecular weight is 338 g/mol. The number of carbonyl (C=O) groups is 2. The molecule has 2 amide bonds. The molecular formula is C20H22N2O3. The van der Waals surface area contributed by atoms with Crippen LogP contribution in [-0.2, 0) is 20.7 Å². The van der Waals surface area contributed by atoms with Crippen molar-refractivity contribution in [2.45, 2.75) is 31.4 Å². The average Bonchev–Trinajstić information content (AvgIpc) is 3.17. The summed E-state index contributed by atoms with van der Waals surface area (Å²) < 4.78 is 5.35. The number of hydrogen-bond acceptors (Lipinski definition) is 3. The van der Waals surface area contributed by atoms with Crippen molar-refractivity contribution >= 4 is 11.8 Å². The van der Waals surface area contributed by atoms with Crippen LogP contribution in [0.3, 0.4) is 0 Å². The van der Waals surface area contributed by atoms with Crippen LogP contribution in [-0.4, -0.2) is 30.6 Å². The number of nitrogens with two attached hydrogens (primary N) is 1. The minimum Gasteiger partial charge on any atom is -0.368 e. The lowest BCUT2D eigenvalue weighted by Gasteiger charge is -2.18. The van der Waals surface area contributed by atoms with E-state index in [4.69, 9.17) is 10.5 Å². The molecule has 1 aliphatic heterocycles. The van der Waals surface area contributed by atoms with E-state index in [0.29, 0.717) is 19.4 Å². The first kappa shape index (κ1) is 17.2. The summed E-state index contributed by atoms with van der Waals surface area (Å²) in [7, 11) is 0. The monoisotopic (exact) mass is 338 g/mol. The molecule has 0 spiro atoms. The van der Waals surface area contributed by atoms with Crippen LogP contribution in [0.5, 0.6) is 0 Å². The fourth-order valence-corrected chi connectivity index (χ4v) is 2.97. The maximum Gasteiger partial charge on any atom is 0.249 e. The fraction of sp³-hybridized carbons (Fsp3) is 0.300. The summed E-state index contributed by atoms with van der Waals surface area (Å²) in [5.41, 5.74) is 8.63. The van der Waals surface area contributed by atoms with Crippen molar-refractivity contribution in [3.05, 3.63) is 60.2 Å². The molecule has 25 heavy (non-hydrogen) atoms. The topological polar surface area (TPSA) is 81.4 Å². The molecule has 2 atom stereocenters. The summed E-state index contributed by atoms with van der Waals surface area (Å²) >= 11 is 0. The molecule has 3 rings (SSSR count). The first-order valence-electron chi connectivity index (χ1n) is 8.49. The molecule has 1 fully saturated rings. The Labute approximate surface area is 147 Å². The van der Waals surface area contributed by atoms with Crippen LogP contribution in [0.15, 0.2) is 54.6 Å². The van der Waals surface area contributed by atoms with Crippen molar-refractivity contribution < 1.29 is 14.3 Å². The Bertz CT molecular complexity index is 722. The number of amides is 2. The second-order valence-electron chi connectivity index (χ2n) is 6.23. The van der Waals surface area contributed by atoms with Crippen molar-refractivity contribution in [3.8, 4) is 11.1 Å². The Kier molecular flexibility index (Phi) is 5.46. The molecule has 0 unspecified atom stereocenters. The lowest BCUT2D eigenvalue weighted by atomic mass is 10.00. The largest absolute Gasteiger partial charge is 0.368 e. The number of primary amides is 1. The van der Waals surface area contributed by atoms with Gasteiger partial charge in [-0.05, 0) is 29.5 Å². The van der Waals surface area contributed by atoms with Crippen LogP contribution < -0.4 is 11.1 Å². The van der Waals surface area contributed by atoms with E-state index >= 15 is 0 Å². The molecule has 5 nitrogen and oxygen atoms in total. The van der Waals surface area contributed by atoms with E-state index in [2.05, 4.69) is 5.32 Å². The molecule has 2 aromatic carbocycles. The van der Waals surface area contributed by atoms with Gasteiger partial charge in [-0.2, -0.15) is 0 Å². The Morgan fingerprint density at radius 1 is 1.08 bits per heavy atom. The lowest BCUT2D eigenvalue weighted by molar-refractivity contribution is -0.133. The molecule has 1 saturated heterocycles. The first-order valence-corrected chi connectivity index (χ1v) is 8.49. The van der Waals surface area contributed by atoms with Crippen molar-refractivity contribution in [1.82, 2.24) is 5.32 Å². The highest BCUT2D eigenvalue weighted by molar-refractivity contribution is 5.88. The van der Waals surface area contributed by atoms with Gasteiger partial charge in [-0.3, -0.25) is 9.59 Å². The standard InChI is InChI=1S/C20H22N2O3/c21-19(23)17(22-20(24)18-7-4-12-25-18)13-14-8-10-16(11-9-14)15-5-2-1-3-6-15/h1-3,5-6,8-11,17-18H,4,7,12-13H2,(H2,21,23)(H,22,24)/t17-,18+/m1/s1. The fourth-order valence-electron chi connectivity index (χ4n) is 2.97. The molecule has 0 radical (unpaired) electrons. The normalized spacial score (nSPS) is 17.8. The highest BCUT2D eigenvalue weighted by Gasteiger charge is 2.27. The van der Waals surface area contributed by atoms with Gasteiger partial charge in [0.2, 0.25) is 11.8 Å². The zero-order valence-corrected chi connectivity index (χ0v) is 14.0. The zero-order valence-electron chi connectivity index (χ0n) is 14.0. The Morgan fingerprint density at radius 2 is 1.76 bits per heavy atom. The van der Waals surface area contributed by atoms with Crippen LogP contribution in [0.2, 0.25) is 0 Å². The smallest absolute Gasteiger partial charge is 0.249 e. The highest BCUT2D eigenvalue weighted by atomic mass is 16.5. The van der Waals surface area contributed by atoms with Gasteiger partial charge in [-0.1, -0.05) is 54.6 Å². The summed E-state index contributed by atoms with van der Waals surface area (Å²) in [6.07, 6.45) is 1.44. The number of nitrogens with one attached hydrogen (secondary N) is 1. The molecule has 0 aliphatic carbocycles. The Hall–Kier alpha value is -2.66. The minimum atomic E-state index is -0.737. The van der Waals surface area contributed by atoms with E-state index in [-0.39, 0.29) is 5.91 Å². The molecule has 0 bridgehead atoms. The quantitative estimate of drug-likeness (QED) is 0.846. The van der Waals surface area contributed by atoms with Crippen molar-refractivity contribution in [1.29, 1.82) is 0 Å². The van der Waals surface area contributed by atoms with E-state index in [1.54, 1.807) is 0 Å². The summed E-state index contributed by atoms with van der Waals surface area (Å²) in [5, 5.41) is 2.71. The summed E-state index contributed by atoms with van der Waals surface area (Å²) in [5.74, 6) is -0.805. The molecule has 5 heteroatoms. The minimum absolute atomic E-state index is 0.262. The summed E-state index contributed by atoms with van der Waals surface area (Å²) in [6, 6.07) is 17.2. The number of hydrogen-bond donors (Lipinski definition) is 2. The van der Waals surface area contributed by atoms with Gasteiger partial charge in [-0.15, -0.1) is 0 Å². The second-order valence-corrected chi connectivity index (χ2v) is 6.23. The predicted octanol–water partition coefficient (Wildman–Crippen LogP) is 2.05. The zero-order chi connectivity index (χ0) is 17.6. The van der Waals surface area contributed by atoms with Crippen LogP contribution in [0.4, 0.5) is 0 Å². The number of rotatable bonds is 6. The van der Waals surface area contributed by atoms with Gasteiger partial charge in [0.05, 0.1) is 0 Å². The predicted molar refractivity (Wildman–Crippen MR) is 95.7 cm³/mol. The molecule has 130 valence electrons. The van der Waals surface area contributed by atoms with E-state index in [0.717, 1.165) is 23.1 Å². The SMILES string of the molecule is NC(=O)[C@@H](Cc1ccc(-c2ccccc2)cc1)NC(=O)[C@@H]1CCCO1. The summed E-state index contributed by atoms with van der Waals surface area (Å²) in [6.45, 7) is 0.584. The van der Waals surface area contributed by atoms with Gasteiger partial charge in [-0.25, -0.2) is 0 Å². The van der Waals surface area contributed by atoms with Crippen LogP contribution >= 0.6 is 0 Å². The number of carbonyl (C=O) groups excluding carboxylic acids is 2. The third kappa shape index (κ3) is 4.45.